The molecular formula is C14H20N2O2. The molecule has 1 fully saturated rings. The van der Waals surface area contributed by atoms with Gasteiger partial charge >= 0.3 is 5.97 Å². The maximum absolute atomic E-state index is 11.5. The van der Waals surface area contributed by atoms with Crippen molar-refractivity contribution in [1.82, 2.24) is 0 Å². The lowest BCUT2D eigenvalue weighted by Gasteiger charge is -2.28. The average Bonchev–Trinajstić information content (AvgIpc) is 2.91. The van der Waals surface area contributed by atoms with Gasteiger partial charge < -0.3 is 15.4 Å². The highest BCUT2D eigenvalue weighted by atomic mass is 16.5. The van der Waals surface area contributed by atoms with E-state index < -0.39 is 0 Å². The van der Waals surface area contributed by atoms with E-state index in [9.17, 15) is 4.79 Å². The predicted molar refractivity (Wildman–Crippen MR) is 72.9 cm³/mol. The second-order valence-corrected chi connectivity index (χ2v) is 4.81. The number of anilines is 2. The number of benzene rings is 1. The Bertz CT molecular complexity index is 439. The quantitative estimate of drug-likeness (QED) is 0.659. The van der Waals surface area contributed by atoms with Gasteiger partial charge in [0.05, 0.1) is 24.0 Å². The molecular weight excluding hydrogens is 228 g/mol. The van der Waals surface area contributed by atoms with E-state index in [1.807, 2.05) is 13.1 Å². The van der Waals surface area contributed by atoms with Crippen LogP contribution >= 0.6 is 0 Å². The monoisotopic (exact) mass is 248 g/mol. The van der Waals surface area contributed by atoms with Crippen LogP contribution < -0.4 is 10.6 Å². The first-order chi connectivity index (χ1) is 8.63. The highest BCUT2D eigenvalue weighted by molar-refractivity contribution is 5.92. The summed E-state index contributed by atoms with van der Waals surface area (Å²) in [7, 11) is 3.43. The first-order valence-electron chi connectivity index (χ1n) is 6.34. The third-order valence-electron chi connectivity index (χ3n) is 3.70. The van der Waals surface area contributed by atoms with Gasteiger partial charge in [0.2, 0.25) is 0 Å². The van der Waals surface area contributed by atoms with E-state index in [1.165, 1.54) is 32.8 Å². The average molecular weight is 248 g/mol. The highest BCUT2D eigenvalue weighted by Crippen LogP contribution is 2.31. The summed E-state index contributed by atoms with van der Waals surface area (Å²) in [5, 5.41) is 0. The van der Waals surface area contributed by atoms with Crippen LogP contribution in [0, 0.1) is 0 Å². The third kappa shape index (κ3) is 2.42. The summed E-state index contributed by atoms with van der Waals surface area (Å²) in [5.41, 5.74) is 8.18. The number of nitrogens with zero attached hydrogens (tertiary/aromatic N) is 1. The molecule has 98 valence electrons. The lowest BCUT2D eigenvalue weighted by molar-refractivity contribution is 0.0601. The Hall–Kier alpha value is -1.71. The van der Waals surface area contributed by atoms with Gasteiger partial charge in [-0.3, -0.25) is 0 Å². The number of esters is 1. The molecule has 18 heavy (non-hydrogen) atoms. The number of hydrogen-bond acceptors (Lipinski definition) is 4. The molecule has 0 saturated heterocycles. The van der Waals surface area contributed by atoms with Gasteiger partial charge in [-0.05, 0) is 31.0 Å². The van der Waals surface area contributed by atoms with E-state index in [0.717, 1.165) is 5.69 Å². The van der Waals surface area contributed by atoms with Crippen LogP contribution in [0.1, 0.15) is 36.0 Å². The van der Waals surface area contributed by atoms with Crippen LogP contribution in [0.5, 0.6) is 0 Å². The number of methoxy groups -OCH3 is 1. The molecule has 0 atom stereocenters. The Morgan fingerprint density at radius 2 is 2.06 bits per heavy atom. The van der Waals surface area contributed by atoms with Gasteiger partial charge in [0.25, 0.3) is 0 Å². The van der Waals surface area contributed by atoms with Crippen LogP contribution in [0.25, 0.3) is 0 Å². The van der Waals surface area contributed by atoms with Crippen molar-refractivity contribution in [3.63, 3.8) is 0 Å². The van der Waals surface area contributed by atoms with E-state index in [0.29, 0.717) is 17.3 Å². The number of ether oxygens (including phenoxy) is 1. The second-order valence-electron chi connectivity index (χ2n) is 4.81. The molecule has 2 rings (SSSR count). The highest BCUT2D eigenvalue weighted by Gasteiger charge is 2.22. The number of nitrogens with two attached hydrogens (primary N) is 1. The summed E-state index contributed by atoms with van der Waals surface area (Å²) in [6.45, 7) is 0. The third-order valence-corrected chi connectivity index (χ3v) is 3.70. The van der Waals surface area contributed by atoms with Crippen LogP contribution in [0.4, 0.5) is 11.4 Å². The van der Waals surface area contributed by atoms with Gasteiger partial charge in [0.1, 0.15) is 0 Å². The maximum atomic E-state index is 11.5. The molecule has 0 unspecified atom stereocenters. The van der Waals surface area contributed by atoms with Gasteiger partial charge in [-0.1, -0.05) is 12.8 Å². The van der Waals surface area contributed by atoms with Crippen LogP contribution in [0.2, 0.25) is 0 Å². The molecule has 0 heterocycles. The standard InChI is InChI=1S/C14H20N2O2/c1-16(11-5-3-4-6-11)13-9-10(14(17)18-2)7-8-12(13)15/h7-9,11H,3-6,15H2,1-2H3. The normalized spacial score (nSPS) is 15.7. The van der Waals surface area contributed by atoms with E-state index in [2.05, 4.69) is 4.90 Å². The fraction of sp³-hybridized carbons (Fsp3) is 0.500. The smallest absolute Gasteiger partial charge is 0.337 e. The Balaban J connectivity index is 2.27. The van der Waals surface area contributed by atoms with Crippen molar-refractivity contribution >= 4 is 17.3 Å². The molecule has 4 heteroatoms. The van der Waals surface area contributed by atoms with Crippen LogP contribution in [0.3, 0.4) is 0 Å². The zero-order valence-corrected chi connectivity index (χ0v) is 11.0. The van der Waals surface area contributed by atoms with Crippen LogP contribution in [-0.4, -0.2) is 26.2 Å². The van der Waals surface area contributed by atoms with Crippen molar-refractivity contribution in [2.24, 2.45) is 0 Å². The van der Waals surface area contributed by atoms with Crippen LogP contribution in [-0.2, 0) is 4.74 Å². The lowest BCUT2D eigenvalue weighted by Crippen LogP contribution is -2.29. The van der Waals surface area contributed by atoms with E-state index >= 15 is 0 Å². The molecule has 1 aromatic carbocycles. The summed E-state index contributed by atoms with van der Waals surface area (Å²) in [6.07, 6.45) is 4.92. The Labute approximate surface area is 108 Å². The molecule has 1 aromatic rings. The van der Waals surface area contributed by atoms with Crippen LogP contribution in [0.15, 0.2) is 18.2 Å². The molecule has 0 spiro atoms. The van der Waals surface area contributed by atoms with Gasteiger partial charge in [0, 0.05) is 13.1 Å². The zero-order chi connectivity index (χ0) is 13.1. The Morgan fingerprint density at radius 3 is 2.67 bits per heavy atom. The Kier molecular flexibility index (Phi) is 3.75. The van der Waals surface area contributed by atoms with Crippen molar-refractivity contribution in [2.75, 3.05) is 24.8 Å². The van der Waals surface area contributed by atoms with Crippen molar-refractivity contribution in [2.45, 2.75) is 31.7 Å². The number of carbonyl (C=O) groups is 1. The van der Waals surface area contributed by atoms with Gasteiger partial charge in [-0.2, -0.15) is 0 Å². The molecule has 1 saturated carbocycles. The summed E-state index contributed by atoms with van der Waals surface area (Å²) < 4.78 is 4.74. The minimum atomic E-state index is -0.323. The summed E-state index contributed by atoms with van der Waals surface area (Å²) in [4.78, 5) is 13.7. The molecule has 1 aliphatic carbocycles. The van der Waals surface area contributed by atoms with Crippen molar-refractivity contribution in [3.05, 3.63) is 23.8 Å². The summed E-state index contributed by atoms with van der Waals surface area (Å²) in [5.74, 6) is -0.323. The Morgan fingerprint density at radius 1 is 1.39 bits per heavy atom. The minimum Gasteiger partial charge on any atom is -0.465 e. The fourth-order valence-corrected chi connectivity index (χ4v) is 2.58. The van der Waals surface area contributed by atoms with E-state index in [-0.39, 0.29) is 5.97 Å². The molecule has 0 radical (unpaired) electrons. The molecule has 4 nitrogen and oxygen atoms in total. The van der Waals surface area contributed by atoms with E-state index in [4.69, 9.17) is 10.5 Å². The largest absolute Gasteiger partial charge is 0.465 e. The van der Waals surface area contributed by atoms with Crippen molar-refractivity contribution in [3.8, 4) is 0 Å². The fourth-order valence-electron chi connectivity index (χ4n) is 2.58. The SMILES string of the molecule is COC(=O)c1ccc(N)c(N(C)C2CCCC2)c1. The first-order valence-corrected chi connectivity index (χ1v) is 6.34. The number of nitrogen functional groups attached to an aromatic ring is 1. The molecule has 0 amide bonds. The zero-order valence-electron chi connectivity index (χ0n) is 11.0. The molecule has 0 aromatic heterocycles. The molecule has 2 N–H and O–H groups in total. The second kappa shape index (κ2) is 5.29. The van der Waals surface area contributed by atoms with Gasteiger partial charge in [-0.15, -0.1) is 0 Å². The number of rotatable bonds is 3. The predicted octanol–water partition coefficient (Wildman–Crippen LogP) is 2.43. The maximum Gasteiger partial charge on any atom is 0.337 e. The molecule has 1 aliphatic rings. The minimum absolute atomic E-state index is 0.323. The number of hydrogen-bond donors (Lipinski definition) is 1. The summed E-state index contributed by atoms with van der Waals surface area (Å²) in [6, 6.07) is 5.82. The number of carbonyl (C=O) groups excluding carboxylic acids is 1. The lowest BCUT2D eigenvalue weighted by atomic mass is 10.1. The summed E-state index contributed by atoms with van der Waals surface area (Å²) >= 11 is 0. The topological polar surface area (TPSA) is 55.6 Å². The molecule has 0 bridgehead atoms. The molecule has 0 aliphatic heterocycles. The van der Waals surface area contributed by atoms with Crippen molar-refractivity contribution in [1.29, 1.82) is 0 Å². The van der Waals surface area contributed by atoms with Gasteiger partial charge in [-0.25, -0.2) is 4.79 Å². The van der Waals surface area contributed by atoms with Crippen molar-refractivity contribution < 1.29 is 9.53 Å². The van der Waals surface area contributed by atoms with E-state index in [1.54, 1.807) is 12.1 Å². The van der Waals surface area contributed by atoms with Gasteiger partial charge in [0.15, 0.2) is 0 Å². The first kappa shape index (κ1) is 12.7.